The van der Waals surface area contributed by atoms with Gasteiger partial charge in [0.2, 0.25) is 0 Å². The summed E-state index contributed by atoms with van der Waals surface area (Å²) in [5, 5.41) is 0. The van der Waals surface area contributed by atoms with Crippen molar-refractivity contribution < 1.29 is 16.8 Å². The normalized spacial score (nSPS) is 17.2. The molecule has 0 saturated heterocycles. The van der Waals surface area contributed by atoms with Gasteiger partial charge in [0.05, 0.1) is 16.1 Å². The van der Waals surface area contributed by atoms with Crippen LogP contribution in [0.15, 0.2) is 84.9 Å². The summed E-state index contributed by atoms with van der Waals surface area (Å²) in [7, 11) is -2.52. The third-order valence-corrected chi connectivity index (χ3v) is 11.9. The van der Waals surface area contributed by atoms with Crippen LogP contribution in [0, 0.1) is 12.1 Å². The van der Waals surface area contributed by atoms with Gasteiger partial charge in [-0.25, -0.2) is 0 Å². The first-order valence-electron chi connectivity index (χ1n) is 12.4. The summed E-state index contributed by atoms with van der Waals surface area (Å²) in [6, 6.07) is 37.5. The van der Waals surface area contributed by atoms with Crippen LogP contribution in [0.25, 0.3) is 22.3 Å². The minimum absolute atomic E-state index is 0. The molecule has 2 atom stereocenters. The van der Waals surface area contributed by atoms with E-state index < -0.39 is 16.1 Å². The van der Waals surface area contributed by atoms with Crippen LogP contribution in [0.2, 0.25) is 39.3 Å². The molecule has 0 N–H and O–H groups in total. The molecule has 0 spiro atoms. The largest absolute Gasteiger partial charge is 2.00 e. The van der Waals surface area contributed by atoms with Gasteiger partial charge in [0.15, 0.2) is 0 Å². The van der Waals surface area contributed by atoms with Crippen LogP contribution in [-0.4, -0.2) is 16.1 Å². The van der Waals surface area contributed by atoms with Gasteiger partial charge < -0.3 is 0 Å². The van der Waals surface area contributed by atoms with Crippen molar-refractivity contribution in [2.45, 2.75) is 50.4 Å². The molecule has 0 saturated carbocycles. The minimum atomic E-state index is -1.26. The molecule has 2 unspecified atom stereocenters. The molecule has 0 nitrogen and oxygen atoms in total. The summed E-state index contributed by atoms with van der Waals surface area (Å²) in [4.78, 5) is 0. The van der Waals surface area contributed by atoms with E-state index >= 15 is 0 Å². The molecule has 1 radical (unpaired) electrons. The molecule has 2 aliphatic rings. The summed E-state index contributed by atoms with van der Waals surface area (Å²) >= 11 is 0. The molecule has 35 heavy (non-hydrogen) atoms. The van der Waals surface area contributed by atoms with Crippen LogP contribution in [-0.2, 0) is 16.8 Å². The number of hydrogen-bond donors (Lipinski definition) is 0. The first-order valence-corrected chi connectivity index (χ1v) is 19.5. The first-order chi connectivity index (χ1) is 16.2. The molecule has 4 aromatic carbocycles. The van der Waals surface area contributed by atoms with Gasteiger partial charge in [-0.15, -0.1) is 22.3 Å². The molecule has 4 aromatic rings. The zero-order chi connectivity index (χ0) is 24.1. The molecule has 179 valence electrons. The monoisotopic (exact) mass is 533 g/mol. The van der Waals surface area contributed by atoms with E-state index in [1.807, 2.05) is 0 Å². The second-order valence-corrected chi connectivity index (χ2v) is 22.4. The fourth-order valence-electron chi connectivity index (χ4n) is 5.94. The smallest absolute Gasteiger partial charge is 0.179 e. The van der Waals surface area contributed by atoms with Gasteiger partial charge in [-0.2, -0.15) is 48.5 Å². The maximum Gasteiger partial charge on any atom is 2.00 e. The Labute approximate surface area is 224 Å². The van der Waals surface area contributed by atoms with Crippen molar-refractivity contribution in [1.29, 1.82) is 0 Å². The van der Waals surface area contributed by atoms with E-state index in [2.05, 4.69) is 136 Å². The third kappa shape index (κ3) is 4.67. The number of hydrogen-bond acceptors (Lipinski definition) is 0. The van der Waals surface area contributed by atoms with Gasteiger partial charge in [0.1, 0.15) is 0 Å². The van der Waals surface area contributed by atoms with Crippen LogP contribution in [0.5, 0.6) is 0 Å². The topological polar surface area (TPSA) is 0 Å². The average Bonchev–Trinajstić information content (AvgIpc) is 3.32. The van der Waals surface area contributed by atoms with E-state index in [1.54, 1.807) is 0 Å². The fourth-order valence-corrected chi connectivity index (χ4v) is 10.5. The standard InChI is InChI=1S/2C16H17Si.Co/c2*1-17(2,3)16-14-10-6-4-8-12(14)13-9-5-7-11-15(13)16;/h2*4-10,16H,1-3H3;/q2*-1;+2. The van der Waals surface area contributed by atoms with E-state index in [9.17, 15) is 0 Å². The molecule has 0 amide bonds. The Kier molecular flexibility index (Phi) is 7.18. The third-order valence-electron chi connectivity index (χ3n) is 7.21. The van der Waals surface area contributed by atoms with E-state index in [1.165, 1.54) is 44.5 Å². The molecule has 0 fully saturated rings. The average molecular weight is 534 g/mol. The van der Waals surface area contributed by atoms with E-state index in [4.69, 9.17) is 0 Å². The molecule has 0 aliphatic heterocycles. The first kappa shape index (κ1) is 25.9. The van der Waals surface area contributed by atoms with Gasteiger partial charge >= 0.3 is 16.8 Å². The molecular weight excluding hydrogens is 499 g/mol. The van der Waals surface area contributed by atoms with Crippen molar-refractivity contribution in [2.75, 3.05) is 0 Å². The number of rotatable bonds is 2. The maximum absolute atomic E-state index is 3.49. The van der Waals surface area contributed by atoms with Crippen LogP contribution in [0.4, 0.5) is 0 Å². The van der Waals surface area contributed by atoms with Crippen molar-refractivity contribution in [3.63, 3.8) is 0 Å². The molecule has 0 heterocycles. The van der Waals surface area contributed by atoms with Crippen molar-refractivity contribution in [3.8, 4) is 22.3 Å². The Morgan fingerprint density at radius 2 is 0.829 bits per heavy atom. The Hall–Kier alpha value is -2.18. The van der Waals surface area contributed by atoms with Gasteiger partial charge in [-0.1, -0.05) is 98.9 Å². The van der Waals surface area contributed by atoms with Crippen molar-refractivity contribution >= 4 is 16.1 Å². The van der Waals surface area contributed by atoms with Crippen molar-refractivity contribution in [1.82, 2.24) is 0 Å². The summed E-state index contributed by atoms with van der Waals surface area (Å²) in [5.74, 6) is 0. The number of fused-ring (bicyclic) bond motifs is 6. The summed E-state index contributed by atoms with van der Waals surface area (Å²) < 4.78 is 0. The zero-order valence-electron chi connectivity index (χ0n) is 21.6. The zero-order valence-corrected chi connectivity index (χ0v) is 24.6. The van der Waals surface area contributed by atoms with E-state index in [0.29, 0.717) is 11.1 Å². The van der Waals surface area contributed by atoms with Crippen molar-refractivity contribution in [2.24, 2.45) is 0 Å². The molecule has 2 aliphatic carbocycles. The Morgan fingerprint density at radius 1 is 0.486 bits per heavy atom. The fraction of sp³-hybridized carbons (Fsp3) is 0.250. The number of benzene rings is 4. The van der Waals surface area contributed by atoms with Gasteiger partial charge in [0, 0.05) is 0 Å². The Morgan fingerprint density at radius 3 is 1.20 bits per heavy atom. The van der Waals surface area contributed by atoms with Gasteiger partial charge in [-0.05, 0) is 22.2 Å². The van der Waals surface area contributed by atoms with Crippen LogP contribution < -0.4 is 0 Å². The van der Waals surface area contributed by atoms with Crippen LogP contribution >= 0.6 is 0 Å². The van der Waals surface area contributed by atoms with Gasteiger partial charge in [-0.3, -0.25) is 0 Å². The Bertz CT molecular complexity index is 1150. The van der Waals surface area contributed by atoms with E-state index in [-0.39, 0.29) is 16.8 Å². The Balaban J connectivity index is 0.000000160. The van der Waals surface area contributed by atoms with Crippen molar-refractivity contribution in [3.05, 3.63) is 119 Å². The molecule has 3 heteroatoms. The van der Waals surface area contributed by atoms with E-state index in [0.717, 1.165) is 0 Å². The minimum Gasteiger partial charge on any atom is -0.179 e. The summed E-state index contributed by atoms with van der Waals surface area (Å²) in [6.45, 7) is 14.7. The molecular formula is C32H34CoSi2. The molecule has 6 rings (SSSR count). The van der Waals surface area contributed by atoms with Crippen LogP contribution in [0.3, 0.4) is 0 Å². The second kappa shape index (κ2) is 9.70. The SMILES string of the molecule is C[Si](C)(C)C1c2[c-]cccc2-c2ccccc21.C[Si](C)(C)C1c2[c-]cccc2-c2ccccc21.[Co+2]. The predicted octanol–water partition coefficient (Wildman–Crippen LogP) is 8.95. The molecule has 0 aromatic heterocycles. The summed E-state index contributed by atoms with van der Waals surface area (Å²) in [6.07, 6.45) is 0. The van der Waals surface area contributed by atoms with Gasteiger partial charge in [0.25, 0.3) is 0 Å². The summed E-state index contributed by atoms with van der Waals surface area (Å²) in [5.41, 5.74) is 12.7. The maximum atomic E-state index is 3.49. The molecule has 0 bridgehead atoms. The quantitative estimate of drug-likeness (QED) is 0.178. The predicted molar refractivity (Wildman–Crippen MR) is 152 cm³/mol. The second-order valence-electron chi connectivity index (χ2n) is 11.8. The van der Waals surface area contributed by atoms with Crippen LogP contribution in [0.1, 0.15) is 33.3 Å².